The van der Waals surface area contributed by atoms with Crippen molar-refractivity contribution in [1.29, 1.82) is 0 Å². The van der Waals surface area contributed by atoms with Crippen LogP contribution in [0.3, 0.4) is 0 Å². The molecule has 1 saturated heterocycles. The van der Waals surface area contributed by atoms with E-state index < -0.39 is 0 Å². The highest BCUT2D eigenvalue weighted by atomic mass is 16.3. The minimum Gasteiger partial charge on any atom is -0.392 e. The van der Waals surface area contributed by atoms with E-state index in [1.807, 2.05) is 7.05 Å². The molecule has 0 aromatic heterocycles. The van der Waals surface area contributed by atoms with E-state index >= 15 is 0 Å². The number of aliphatic hydroxyl groups is 1. The van der Waals surface area contributed by atoms with Crippen molar-refractivity contribution in [2.45, 2.75) is 43.9 Å². The summed E-state index contributed by atoms with van der Waals surface area (Å²) >= 11 is 0. The van der Waals surface area contributed by atoms with Crippen molar-refractivity contribution >= 4 is 5.91 Å². The number of amides is 1. The molecule has 2 aliphatic rings. The fraction of sp³-hybridized carbons (Fsp3) is 0.900. The van der Waals surface area contributed by atoms with Gasteiger partial charge in [0.1, 0.15) is 0 Å². The van der Waals surface area contributed by atoms with Gasteiger partial charge in [-0.3, -0.25) is 4.79 Å². The minimum atomic E-state index is -0.256. The molecule has 0 aromatic rings. The van der Waals surface area contributed by atoms with Gasteiger partial charge in [-0.05, 0) is 25.7 Å². The number of hydrogen-bond acceptors (Lipinski definition) is 3. The van der Waals surface area contributed by atoms with Gasteiger partial charge in [-0.1, -0.05) is 0 Å². The standard InChI is InChI=1S/C10H18N2O2/c1-12-6-5-8(10(12)14)11-7-3-2-4-9(7)13/h7-9,11,13H,2-6H2,1H3. The third kappa shape index (κ3) is 1.77. The molecule has 1 aliphatic carbocycles. The zero-order valence-corrected chi connectivity index (χ0v) is 8.57. The highest BCUT2D eigenvalue weighted by Crippen LogP contribution is 2.21. The summed E-state index contributed by atoms with van der Waals surface area (Å²) in [5, 5.41) is 12.9. The van der Waals surface area contributed by atoms with Crippen LogP contribution in [0.5, 0.6) is 0 Å². The van der Waals surface area contributed by atoms with Crippen molar-refractivity contribution in [3.63, 3.8) is 0 Å². The van der Waals surface area contributed by atoms with E-state index in [0.717, 1.165) is 32.2 Å². The molecule has 0 radical (unpaired) electrons. The van der Waals surface area contributed by atoms with Crippen molar-refractivity contribution in [3.8, 4) is 0 Å². The number of hydrogen-bond donors (Lipinski definition) is 2. The van der Waals surface area contributed by atoms with Crippen LogP contribution in [0.4, 0.5) is 0 Å². The Morgan fingerprint density at radius 1 is 1.43 bits per heavy atom. The molecule has 2 rings (SSSR count). The molecule has 0 spiro atoms. The molecular weight excluding hydrogens is 180 g/mol. The minimum absolute atomic E-state index is 0.0576. The summed E-state index contributed by atoms with van der Waals surface area (Å²) in [5.74, 6) is 0.170. The predicted molar refractivity (Wildman–Crippen MR) is 52.8 cm³/mol. The molecular formula is C10H18N2O2. The van der Waals surface area contributed by atoms with Crippen LogP contribution in [0.25, 0.3) is 0 Å². The fourth-order valence-electron chi connectivity index (χ4n) is 2.37. The highest BCUT2D eigenvalue weighted by molar-refractivity contribution is 5.83. The first-order valence-corrected chi connectivity index (χ1v) is 5.37. The average Bonchev–Trinajstić information content (AvgIpc) is 2.68. The van der Waals surface area contributed by atoms with E-state index in [0.29, 0.717) is 0 Å². The predicted octanol–water partition coefficient (Wildman–Crippen LogP) is -0.280. The third-order valence-electron chi connectivity index (χ3n) is 3.32. The normalized spacial score (nSPS) is 38.3. The van der Waals surface area contributed by atoms with Crippen molar-refractivity contribution in [2.24, 2.45) is 0 Å². The molecule has 3 unspecified atom stereocenters. The van der Waals surface area contributed by atoms with Crippen LogP contribution >= 0.6 is 0 Å². The van der Waals surface area contributed by atoms with Crippen LogP contribution in [-0.4, -0.2) is 47.7 Å². The van der Waals surface area contributed by atoms with Crippen molar-refractivity contribution < 1.29 is 9.90 Å². The molecule has 2 fully saturated rings. The SMILES string of the molecule is CN1CCC(NC2CCCC2O)C1=O. The number of likely N-dealkylation sites (N-methyl/N-ethyl adjacent to an activating group) is 1. The molecule has 14 heavy (non-hydrogen) atoms. The largest absolute Gasteiger partial charge is 0.392 e. The molecule has 4 nitrogen and oxygen atoms in total. The molecule has 0 bridgehead atoms. The van der Waals surface area contributed by atoms with Crippen LogP contribution in [0.1, 0.15) is 25.7 Å². The first-order chi connectivity index (χ1) is 6.68. The number of likely N-dealkylation sites (tertiary alicyclic amines) is 1. The highest BCUT2D eigenvalue weighted by Gasteiger charge is 2.34. The smallest absolute Gasteiger partial charge is 0.239 e. The van der Waals surface area contributed by atoms with E-state index in [2.05, 4.69) is 5.32 Å². The van der Waals surface area contributed by atoms with Gasteiger partial charge in [0.15, 0.2) is 0 Å². The first-order valence-electron chi connectivity index (χ1n) is 5.37. The average molecular weight is 198 g/mol. The Labute approximate surface area is 84.3 Å². The second-order valence-electron chi connectivity index (χ2n) is 4.37. The number of nitrogens with one attached hydrogen (secondary N) is 1. The van der Waals surface area contributed by atoms with Crippen LogP contribution in [0.15, 0.2) is 0 Å². The van der Waals surface area contributed by atoms with Gasteiger partial charge in [-0.25, -0.2) is 0 Å². The van der Waals surface area contributed by atoms with Crippen LogP contribution in [0, 0.1) is 0 Å². The molecule has 1 amide bonds. The summed E-state index contributed by atoms with van der Waals surface area (Å²) in [6, 6.07) is 0.0770. The van der Waals surface area contributed by atoms with E-state index in [1.165, 1.54) is 0 Å². The Morgan fingerprint density at radius 3 is 2.71 bits per heavy atom. The molecule has 3 atom stereocenters. The number of aliphatic hydroxyl groups excluding tert-OH is 1. The molecule has 1 aliphatic heterocycles. The molecule has 1 saturated carbocycles. The van der Waals surface area contributed by atoms with Crippen LogP contribution in [0.2, 0.25) is 0 Å². The van der Waals surface area contributed by atoms with Gasteiger partial charge < -0.3 is 15.3 Å². The van der Waals surface area contributed by atoms with Crippen molar-refractivity contribution in [3.05, 3.63) is 0 Å². The van der Waals surface area contributed by atoms with E-state index in [1.54, 1.807) is 4.90 Å². The van der Waals surface area contributed by atoms with Gasteiger partial charge in [-0.2, -0.15) is 0 Å². The maximum Gasteiger partial charge on any atom is 0.239 e. The molecule has 2 N–H and O–H groups in total. The van der Waals surface area contributed by atoms with Gasteiger partial charge in [0, 0.05) is 19.6 Å². The summed E-state index contributed by atoms with van der Waals surface area (Å²) in [6.07, 6.45) is 3.55. The Bertz CT molecular complexity index is 232. The summed E-state index contributed by atoms with van der Waals surface area (Å²) in [6.45, 7) is 0.833. The van der Waals surface area contributed by atoms with Gasteiger partial charge in [0.05, 0.1) is 12.1 Å². The number of rotatable bonds is 2. The molecule has 0 aromatic carbocycles. The number of carbonyl (C=O) groups excluding carboxylic acids is 1. The van der Waals surface area contributed by atoms with Crippen molar-refractivity contribution in [1.82, 2.24) is 10.2 Å². The molecule has 4 heteroatoms. The topological polar surface area (TPSA) is 52.6 Å². The lowest BCUT2D eigenvalue weighted by molar-refractivity contribution is -0.128. The second kappa shape index (κ2) is 3.87. The van der Waals surface area contributed by atoms with E-state index in [-0.39, 0.29) is 24.1 Å². The monoisotopic (exact) mass is 198 g/mol. The zero-order chi connectivity index (χ0) is 10.1. The number of nitrogens with zero attached hydrogens (tertiary/aromatic N) is 1. The maximum absolute atomic E-state index is 11.6. The maximum atomic E-state index is 11.6. The lowest BCUT2D eigenvalue weighted by atomic mass is 10.1. The quantitative estimate of drug-likeness (QED) is 0.641. The number of carbonyl (C=O) groups is 1. The van der Waals surface area contributed by atoms with Gasteiger partial charge in [0.2, 0.25) is 5.91 Å². The third-order valence-corrected chi connectivity index (χ3v) is 3.32. The molecule has 1 heterocycles. The first kappa shape index (κ1) is 9.93. The Hall–Kier alpha value is -0.610. The summed E-state index contributed by atoms with van der Waals surface area (Å²) < 4.78 is 0. The van der Waals surface area contributed by atoms with Crippen LogP contribution in [-0.2, 0) is 4.79 Å². The van der Waals surface area contributed by atoms with Gasteiger partial charge in [0.25, 0.3) is 0 Å². The summed E-state index contributed by atoms with van der Waals surface area (Å²) in [7, 11) is 1.83. The zero-order valence-electron chi connectivity index (χ0n) is 8.57. The van der Waals surface area contributed by atoms with Crippen molar-refractivity contribution in [2.75, 3.05) is 13.6 Å². The summed E-state index contributed by atoms with van der Waals surface area (Å²) in [4.78, 5) is 13.3. The van der Waals surface area contributed by atoms with Crippen LogP contribution < -0.4 is 5.32 Å². The van der Waals surface area contributed by atoms with E-state index in [4.69, 9.17) is 0 Å². The Balaban J connectivity index is 1.88. The molecule has 80 valence electrons. The second-order valence-corrected chi connectivity index (χ2v) is 4.37. The van der Waals surface area contributed by atoms with Gasteiger partial charge in [-0.15, -0.1) is 0 Å². The lowest BCUT2D eigenvalue weighted by Gasteiger charge is -2.20. The van der Waals surface area contributed by atoms with Gasteiger partial charge >= 0.3 is 0 Å². The fourth-order valence-corrected chi connectivity index (χ4v) is 2.37. The lowest BCUT2D eigenvalue weighted by Crippen LogP contribution is -2.46. The van der Waals surface area contributed by atoms with E-state index in [9.17, 15) is 9.90 Å². The Kier molecular flexibility index (Phi) is 2.74. The Morgan fingerprint density at radius 2 is 2.21 bits per heavy atom. The summed E-state index contributed by atoms with van der Waals surface area (Å²) in [5.41, 5.74) is 0.